The molecule has 106 valence electrons. The van der Waals surface area contributed by atoms with Crippen molar-refractivity contribution in [1.29, 1.82) is 0 Å². The van der Waals surface area contributed by atoms with Gasteiger partial charge >= 0.3 is 0 Å². The summed E-state index contributed by atoms with van der Waals surface area (Å²) in [6, 6.07) is 0. The highest BCUT2D eigenvalue weighted by Crippen LogP contribution is 2.27. The molecule has 2 heteroatoms. The SMILES string of the molecule is CCCCCCCCCCC(=O)C1CCCCS1. The molecule has 0 spiro atoms. The minimum atomic E-state index is 0.350. The first-order chi connectivity index (χ1) is 8.84. The van der Waals surface area contributed by atoms with Crippen molar-refractivity contribution in [2.45, 2.75) is 89.2 Å². The molecule has 0 aromatic carbocycles. The van der Waals surface area contributed by atoms with E-state index in [1.807, 2.05) is 11.8 Å². The first-order valence-electron chi connectivity index (χ1n) is 7.99. The summed E-state index contributed by atoms with van der Waals surface area (Å²) < 4.78 is 0. The maximum absolute atomic E-state index is 12.0. The van der Waals surface area contributed by atoms with E-state index in [4.69, 9.17) is 0 Å². The van der Waals surface area contributed by atoms with Gasteiger partial charge in [-0.2, -0.15) is 11.8 Å². The minimum Gasteiger partial charge on any atom is -0.298 e. The van der Waals surface area contributed by atoms with Gasteiger partial charge in [0.25, 0.3) is 0 Å². The maximum Gasteiger partial charge on any atom is 0.145 e. The Morgan fingerprint density at radius 3 is 2.28 bits per heavy atom. The summed E-state index contributed by atoms with van der Waals surface area (Å²) in [7, 11) is 0. The molecule has 1 nitrogen and oxygen atoms in total. The van der Waals surface area contributed by atoms with E-state index >= 15 is 0 Å². The van der Waals surface area contributed by atoms with Gasteiger partial charge in [0.1, 0.15) is 5.78 Å². The monoisotopic (exact) mass is 270 g/mol. The van der Waals surface area contributed by atoms with Gasteiger partial charge < -0.3 is 0 Å². The van der Waals surface area contributed by atoms with Crippen LogP contribution in [0.2, 0.25) is 0 Å². The van der Waals surface area contributed by atoms with Crippen LogP contribution in [0.4, 0.5) is 0 Å². The highest BCUT2D eigenvalue weighted by atomic mass is 32.2. The van der Waals surface area contributed by atoms with Gasteiger partial charge in [-0.1, -0.05) is 58.3 Å². The number of thioether (sulfide) groups is 1. The Hall–Kier alpha value is 0.0200. The quantitative estimate of drug-likeness (QED) is 0.496. The Labute approximate surface area is 117 Å². The van der Waals surface area contributed by atoms with Crippen LogP contribution in [-0.2, 0) is 4.79 Å². The molecular formula is C16H30OS. The standard InChI is InChI=1S/C16H30OS/c1-2-3-4-5-6-7-8-9-12-15(17)16-13-10-11-14-18-16/h16H,2-14H2,1H3. The Morgan fingerprint density at radius 2 is 1.67 bits per heavy atom. The molecule has 0 aromatic heterocycles. The van der Waals surface area contributed by atoms with Crippen LogP contribution < -0.4 is 0 Å². The van der Waals surface area contributed by atoms with Crippen LogP contribution in [0.15, 0.2) is 0 Å². The largest absolute Gasteiger partial charge is 0.298 e. The van der Waals surface area contributed by atoms with Gasteiger partial charge in [0, 0.05) is 6.42 Å². The van der Waals surface area contributed by atoms with Gasteiger partial charge in [0.2, 0.25) is 0 Å². The van der Waals surface area contributed by atoms with E-state index in [2.05, 4.69) is 6.92 Å². The van der Waals surface area contributed by atoms with Crippen molar-refractivity contribution in [3.05, 3.63) is 0 Å². The molecule has 1 aliphatic rings. The van der Waals surface area contributed by atoms with E-state index in [0.29, 0.717) is 11.0 Å². The highest BCUT2D eigenvalue weighted by molar-refractivity contribution is 8.00. The topological polar surface area (TPSA) is 17.1 Å². The third-order valence-corrected chi connectivity index (χ3v) is 5.24. The Balaban J connectivity index is 1.89. The van der Waals surface area contributed by atoms with Crippen LogP contribution in [-0.4, -0.2) is 16.8 Å². The van der Waals surface area contributed by atoms with Crippen LogP contribution in [0.25, 0.3) is 0 Å². The van der Waals surface area contributed by atoms with Gasteiger partial charge in [0.05, 0.1) is 5.25 Å². The predicted molar refractivity (Wildman–Crippen MR) is 82.3 cm³/mol. The van der Waals surface area contributed by atoms with E-state index in [0.717, 1.165) is 19.3 Å². The molecule has 0 radical (unpaired) electrons. The van der Waals surface area contributed by atoms with E-state index in [-0.39, 0.29) is 0 Å². The fourth-order valence-electron chi connectivity index (χ4n) is 2.59. The molecule has 0 aliphatic carbocycles. The summed E-state index contributed by atoms with van der Waals surface area (Å²) in [4.78, 5) is 12.0. The number of rotatable bonds is 10. The number of carbonyl (C=O) groups excluding carboxylic acids is 1. The third-order valence-electron chi connectivity index (χ3n) is 3.82. The second-order valence-electron chi connectivity index (χ2n) is 5.55. The van der Waals surface area contributed by atoms with Crippen molar-refractivity contribution >= 4 is 17.5 Å². The van der Waals surface area contributed by atoms with E-state index in [1.54, 1.807) is 0 Å². The summed E-state index contributed by atoms with van der Waals surface area (Å²) in [5.41, 5.74) is 0. The molecule has 1 aliphatic heterocycles. The second-order valence-corrected chi connectivity index (χ2v) is 6.86. The lowest BCUT2D eigenvalue weighted by atomic mass is 10.0. The van der Waals surface area contributed by atoms with E-state index < -0.39 is 0 Å². The van der Waals surface area contributed by atoms with Crippen LogP contribution in [0, 0.1) is 0 Å². The number of unbranched alkanes of at least 4 members (excludes halogenated alkanes) is 7. The fraction of sp³-hybridized carbons (Fsp3) is 0.938. The third kappa shape index (κ3) is 7.45. The Morgan fingerprint density at radius 1 is 1.00 bits per heavy atom. The van der Waals surface area contributed by atoms with Crippen molar-refractivity contribution in [2.24, 2.45) is 0 Å². The highest BCUT2D eigenvalue weighted by Gasteiger charge is 2.20. The Bertz CT molecular complexity index is 209. The molecule has 0 amide bonds. The first-order valence-corrected chi connectivity index (χ1v) is 9.03. The number of Topliss-reactive ketones (excluding diaryl/α,β-unsaturated/α-hetero) is 1. The van der Waals surface area contributed by atoms with Crippen molar-refractivity contribution < 1.29 is 4.79 Å². The predicted octanol–water partition coefficient (Wildman–Crippen LogP) is 5.37. The van der Waals surface area contributed by atoms with E-state index in [9.17, 15) is 4.79 Å². The molecule has 1 unspecified atom stereocenters. The van der Waals surface area contributed by atoms with Gasteiger partial charge in [-0.25, -0.2) is 0 Å². The molecule has 0 bridgehead atoms. The summed E-state index contributed by atoms with van der Waals surface area (Å²) in [6.45, 7) is 2.26. The zero-order valence-electron chi connectivity index (χ0n) is 12.1. The molecule has 1 atom stereocenters. The lowest BCUT2D eigenvalue weighted by Crippen LogP contribution is -2.20. The molecule has 1 rings (SSSR count). The summed E-state index contributed by atoms with van der Waals surface area (Å²) in [6.07, 6.45) is 15.1. The molecule has 0 aromatic rings. The van der Waals surface area contributed by atoms with Crippen molar-refractivity contribution in [3.63, 3.8) is 0 Å². The van der Waals surface area contributed by atoms with Crippen molar-refractivity contribution in [3.8, 4) is 0 Å². The summed E-state index contributed by atoms with van der Waals surface area (Å²) in [5, 5.41) is 0.350. The van der Waals surface area contributed by atoms with E-state index in [1.165, 1.54) is 63.5 Å². The van der Waals surface area contributed by atoms with Crippen LogP contribution in [0.5, 0.6) is 0 Å². The van der Waals surface area contributed by atoms with Crippen molar-refractivity contribution in [2.75, 3.05) is 5.75 Å². The summed E-state index contributed by atoms with van der Waals surface area (Å²) in [5.74, 6) is 1.74. The van der Waals surface area contributed by atoms with Gasteiger partial charge in [0.15, 0.2) is 0 Å². The molecule has 1 saturated heterocycles. The number of ketones is 1. The average molecular weight is 270 g/mol. The lowest BCUT2D eigenvalue weighted by molar-refractivity contribution is -0.118. The lowest BCUT2D eigenvalue weighted by Gasteiger charge is -2.19. The molecule has 0 N–H and O–H groups in total. The van der Waals surface area contributed by atoms with Gasteiger partial charge in [-0.05, 0) is 25.0 Å². The second kappa shape index (κ2) is 10.9. The first kappa shape index (κ1) is 16.1. The molecule has 18 heavy (non-hydrogen) atoms. The average Bonchev–Trinajstić information content (AvgIpc) is 2.42. The van der Waals surface area contributed by atoms with Crippen LogP contribution >= 0.6 is 11.8 Å². The zero-order valence-corrected chi connectivity index (χ0v) is 12.9. The molecule has 1 fully saturated rings. The number of hydrogen-bond donors (Lipinski definition) is 0. The van der Waals surface area contributed by atoms with Gasteiger partial charge in [-0.3, -0.25) is 4.79 Å². The summed E-state index contributed by atoms with van der Waals surface area (Å²) >= 11 is 1.90. The van der Waals surface area contributed by atoms with Crippen molar-refractivity contribution in [1.82, 2.24) is 0 Å². The fourth-order valence-corrected chi connectivity index (χ4v) is 3.88. The number of hydrogen-bond acceptors (Lipinski definition) is 2. The normalized spacial score (nSPS) is 19.9. The molecule has 0 saturated carbocycles. The molecular weight excluding hydrogens is 240 g/mol. The minimum absolute atomic E-state index is 0.350. The van der Waals surface area contributed by atoms with Crippen LogP contribution in [0.3, 0.4) is 0 Å². The number of carbonyl (C=O) groups is 1. The molecule has 1 heterocycles. The smallest absolute Gasteiger partial charge is 0.145 e. The maximum atomic E-state index is 12.0. The van der Waals surface area contributed by atoms with Crippen LogP contribution in [0.1, 0.15) is 84.0 Å². The zero-order chi connectivity index (χ0) is 13.1. The Kier molecular flexibility index (Phi) is 9.73. The van der Waals surface area contributed by atoms with Gasteiger partial charge in [-0.15, -0.1) is 0 Å².